The van der Waals surface area contributed by atoms with E-state index < -0.39 is 10.7 Å². The van der Waals surface area contributed by atoms with Gasteiger partial charge in [-0.2, -0.15) is 0 Å². The molecule has 0 aliphatic heterocycles. The molecule has 6 nitrogen and oxygen atoms in total. The molecular weight excluding hydrogens is 277 g/mol. The molecule has 7 heteroatoms. The molecule has 21 heavy (non-hydrogen) atoms. The van der Waals surface area contributed by atoms with Crippen LogP contribution in [0.4, 0.5) is 15.8 Å². The third-order valence-corrected chi connectivity index (χ3v) is 3.03. The largest absolute Gasteiger partial charge is 0.395 e. The first-order valence-corrected chi connectivity index (χ1v) is 6.28. The van der Waals surface area contributed by atoms with Crippen molar-refractivity contribution >= 4 is 22.3 Å². The van der Waals surface area contributed by atoms with Crippen LogP contribution in [0.2, 0.25) is 0 Å². The van der Waals surface area contributed by atoms with E-state index in [0.717, 1.165) is 6.07 Å². The summed E-state index contributed by atoms with van der Waals surface area (Å²) < 4.78 is 14.3. The molecule has 0 atom stereocenters. The molecule has 0 bridgehead atoms. The molecule has 0 fully saturated rings. The molecule has 2 aromatic rings. The number of nitro groups is 1. The van der Waals surface area contributed by atoms with Crippen LogP contribution in [0.1, 0.15) is 0 Å². The summed E-state index contributed by atoms with van der Waals surface area (Å²) in [6.07, 6.45) is 3.01. The molecule has 0 spiro atoms. The van der Waals surface area contributed by atoms with Crippen molar-refractivity contribution in [1.29, 1.82) is 0 Å². The highest BCUT2D eigenvalue weighted by Gasteiger charge is 2.22. The fraction of sp³-hybridized carbons (Fsp3) is 0.214. The summed E-state index contributed by atoms with van der Waals surface area (Å²) in [6.45, 7) is 3.87. The second-order valence-electron chi connectivity index (χ2n) is 4.34. The number of hydrogen-bond donors (Lipinski definition) is 1. The Morgan fingerprint density at radius 1 is 1.57 bits per heavy atom. The molecule has 0 saturated heterocycles. The lowest BCUT2D eigenvalue weighted by molar-refractivity contribution is -0.383. The fourth-order valence-electron chi connectivity index (χ4n) is 2.20. The van der Waals surface area contributed by atoms with Crippen molar-refractivity contribution in [2.75, 3.05) is 24.6 Å². The molecule has 1 heterocycles. The van der Waals surface area contributed by atoms with Crippen molar-refractivity contribution < 1.29 is 14.4 Å². The average molecular weight is 291 g/mol. The molecule has 0 aliphatic carbocycles. The molecule has 2 rings (SSSR count). The zero-order chi connectivity index (χ0) is 15.4. The van der Waals surface area contributed by atoms with E-state index in [-0.39, 0.29) is 35.4 Å². The molecular formula is C14H14FN3O3. The molecule has 0 amide bonds. The van der Waals surface area contributed by atoms with E-state index in [0.29, 0.717) is 6.54 Å². The maximum Gasteiger partial charge on any atom is 0.281 e. The quantitative estimate of drug-likeness (QED) is 0.501. The SMILES string of the molecule is C=CCN(CCO)c1c(F)cc([N+](=O)[O-])c2cccnc12. The van der Waals surface area contributed by atoms with Gasteiger partial charge < -0.3 is 10.0 Å². The Morgan fingerprint density at radius 3 is 2.95 bits per heavy atom. The molecule has 1 N–H and O–H groups in total. The van der Waals surface area contributed by atoms with E-state index in [1.807, 2.05) is 0 Å². The number of hydrogen-bond acceptors (Lipinski definition) is 5. The van der Waals surface area contributed by atoms with Gasteiger partial charge in [0.1, 0.15) is 11.2 Å². The number of non-ortho nitro benzene ring substituents is 1. The van der Waals surface area contributed by atoms with E-state index in [2.05, 4.69) is 11.6 Å². The van der Waals surface area contributed by atoms with E-state index >= 15 is 0 Å². The zero-order valence-electron chi connectivity index (χ0n) is 11.2. The summed E-state index contributed by atoms with van der Waals surface area (Å²) in [5.74, 6) is -0.747. The molecule has 1 aromatic carbocycles. The van der Waals surface area contributed by atoms with Gasteiger partial charge in [0.2, 0.25) is 0 Å². The smallest absolute Gasteiger partial charge is 0.281 e. The second kappa shape index (κ2) is 6.27. The number of aliphatic hydroxyl groups is 1. The lowest BCUT2D eigenvalue weighted by atomic mass is 10.1. The Balaban J connectivity index is 2.74. The number of anilines is 1. The predicted octanol–water partition coefficient (Wildman–Crippen LogP) is 2.27. The van der Waals surface area contributed by atoms with Crippen LogP contribution >= 0.6 is 0 Å². The third kappa shape index (κ3) is 2.82. The maximum atomic E-state index is 14.3. The molecule has 0 unspecified atom stereocenters. The number of nitrogens with zero attached hydrogens (tertiary/aromatic N) is 3. The van der Waals surface area contributed by atoms with E-state index in [9.17, 15) is 14.5 Å². The number of aliphatic hydroxyl groups excluding tert-OH is 1. The van der Waals surface area contributed by atoms with E-state index in [1.165, 1.54) is 12.3 Å². The first-order valence-electron chi connectivity index (χ1n) is 6.28. The summed E-state index contributed by atoms with van der Waals surface area (Å²) in [7, 11) is 0. The normalized spacial score (nSPS) is 10.6. The van der Waals surface area contributed by atoms with Crippen LogP contribution in [0.15, 0.2) is 37.1 Å². The number of halogens is 1. The zero-order valence-corrected chi connectivity index (χ0v) is 11.2. The van der Waals surface area contributed by atoms with Crippen molar-refractivity contribution in [3.63, 3.8) is 0 Å². The second-order valence-corrected chi connectivity index (χ2v) is 4.34. The van der Waals surface area contributed by atoms with Gasteiger partial charge >= 0.3 is 0 Å². The van der Waals surface area contributed by atoms with E-state index in [1.54, 1.807) is 17.0 Å². The van der Waals surface area contributed by atoms with Crippen molar-refractivity contribution in [2.45, 2.75) is 0 Å². The summed E-state index contributed by atoms with van der Waals surface area (Å²) in [5, 5.41) is 20.4. The Hall–Kier alpha value is -2.54. The van der Waals surface area contributed by atoms with Gasteiger partial charge in [-0.15, -0.1) is 6.58 Å². The Bertz CT molecular complexity index is 690. The van der Waals surface area contributed by atoms with Gasteiger partial charge in [0.25, 0.3) is 5.69 Å². The summed E-state index contributed by atoms with van der Waals surface area (Å²) in [5.41, 5.74) is -0.00782. The van der Waals surface area contributed by atoms with Gasteiger partial charge in [0.15, 0.2) is 5.82 Å². The number of fused-ring (bicyclic) bond motifs is 1. The topological polar surface area (TPSA) is 79.5 Å². The number of nitro benzene ring substituents is 1. The van der Waals surface area contributed by atoms with Crippen LogP contribution in [0.25, 0.3) is 10.9 Å². The van der Waals surface area contributed by atoms with Crippen LogP contribution < -0.4 is 4.90 Å². The van der Waals surface area contributed by atoms with Gasteiger partial charge in [-0.05, 0) is 12.1 Å². The van der Waals surface area contributed by atoms with E-state index in [4.69, 9.17) is 5.11 Å². The molecule has 0 radical (unpaired) electrons. The van der Waals surface area contributed by atoms with Crippen LogP contribution in [0.5, 0.6) is 0 Å². The van der Waals surface area contributed by atoms with Gasteiger partial charge in [0.05, 0.1) is 23.0 Å². The number of rotatable bonds is 6. The average Bonchev–Trinajstić information content (AvgIpc) is 2.46. The molecule has 1 aromatic heterocycles. The van der Waals surface area contributed by atoms with Crippen molar-refractivity contribution in [1.82, 2.24) is 4.98 Å². The Labute approximate surface area is 120 Å². The molecule has 0 saturated carbocycles. The maximum absolute atomic E-state index is 14.3. The summed E-state index contributed by atoms with van der Waals surface area (Å²) >= 11 is 0. The minimum atomic E-state index is -0.747. The van der Waals surface area contributed by atoms with Crippen LogP contribution in [0, 0.1) is 15.9 Å². The van der Waals surface area contributed by atoms with Crippen LogP contribution in [-0.2, 0) is 0 Å². The van der Waals surface area contributed by atoms with Crippen LogP contribution in [-0.4, -0.2) is 34.7 Å². The fourth-order valence-corrected chi connectivity index (χ4v) is 2.20. The number of benzene rings is 1. The first kappa shape index (κ1) is 14.9. The van der Waals surface area contributed by atoms with Crippen molar-refractivity contribution in [2.24, 2.45) is 0 Å². The Kier molecular flexibility index (Phi) is 4.44. The van der Waals surface area contributed by atoms with Crippen molar-refractivity contribution in [3.05, 3.63) is 53.0 Å². The highest BCUT2D eigenvalue weighted by atomic mass is 19.1. The first-order chi connectivity index (χ1) is 10.1. The number of pyridine rings is 1. The highest BCUT2D eigenvalue weighted by molar-refractivity contribution is 5.97. The van der Waals surface area contributed by atoms with Gasteiger partial charge in [0, 0.05) is 19.3 Å². The number of aromatic nitrogens is 1. The lowest BCUT2D eigenvalue weighted by Crippen LogP contribution is -2.28. The molecule has 110 valence electrons. The Morgan fingerprint density at radius 2 is 2.33 bits per heavy atom. The van der Waals surface area contributed by atoms with Gasteiger partial charge in [-0.3, -0.25) is 15.1 Å². The minimum absolute atomic E-state index is 0.130. The molecule has 0 aliphatic rings. The van der Waals surface area contributed by atoms with Crippen molar-refractivity contribution in [3.8, 4) is 0 Å². The monoisotopic (exact) mass is 291 g/mol. The summed E-state index contributed by atoms with van der Waals surface area (Å²) in [4.78, 5) is 16.0. The summed E-state index contributed by atoms with van der Waals surface area (Å²) in [6, 6.07) is 3.96. The third-order valence-electron chi connectivity index (χ3n) is 3.03. The highest BCUT2D eigenvalue weighted by Crippen LogP contribution is 2.34. The van der Waals surface area contributed by atoms with Gasteiger partial charge in [-0.25, -0.2) is 4.39 Å². The standard InChI is InChI=1S/C14H14FN3O3/c1-2-6-17(7-8-19)14-11(15)9-12(18(20)21)10-4-3-5-16-13(10)14/h2-5,9,19H,1,6-8H2. The lowest BCUT2D eigenvalue weighted by Gasteiger charge is -2.23. The van der Waals surface area contributed by atoms with Gasteiger partial charge in [-0.1, -0.05) is 6.08 Å². The van der Waals surface area contributed by atoms with Crippen LogP contribution in [0.3, 0.4) is 0 Å². The minimum Gasteiger partial charge on any atom is -0.395 e. The predicted molar refractivity (Wildman–Crippen MR) is 77.9 cm³/mol.